The average molecular weight is 367 g/mol. The third-order valence-corrected chi connectivity index (χ3v) is 5.07. The van der Waals surface area contributed by atoms with Crippen molar-refractivity contribution >= 4 is 27.5 Å². The molecular formula is C17H19ClN2O3S. The minimum Gasteiger partial charge on any atom is -0.348 e. The van der Waals surface area contributed by atoms with Crippen molar-refractivity contribution in [2.45, 2.75) is 31.3 Å². The summed E-state index contributed by atoms with van der Waals surface area (Å²) < 4.78 is 26.6. The maximum absolute atomic E-state index is 12.1. The number of amides is 1. The van der Waals surface area contributed by atoms with Gasteiger partial charge in [-0.2, -0.15) is 0 Å². The first kappa shape index (κ1) is 18.4. The van der Waals surface area contributed by atoms with Crippen LogP contribution in [-0.2, 0) is 16.6 Å². The molecule has 7 heteroatoms. The van der Waals surface area contributed by atoms with E-state index >= 15 is 0 Å². The topological polar surface area (TPSA) is 75.3 Å². The number of benzene rings is 2. The van der Waals surface area contributed by atoms with E-state index in [9.17, 15) is 13.2 Å². The number of halogens is 1. The van der Waals surface area contributed by atoms with E-state index in [4.69, 9.17) is 11.6 Å². The maximum atomic E-state index is 12.1. The molecule has 2 aromatic carbocycles. The van der Waals surface area contributed by atoms with E-state index in [0.29, 0.717) is 17.1 Å². The fourth-order valence-electron chi connectivity index (χ4n) is 2.10. The SMILES string of the molecule is CC(C)NS(=O)(=O)c1ccc(C(=O)NCc2cccc(Cl)c2)cc1. The molecule has 128 valence electrons. The van der Waals surface area contributed by atoms with Crippen molar-refractivity contribution in [3.63, 3.8) is 0 Å². The first-order valence-electron chi connectivity index (χ1n) is 7.43. The van der Waals surface area contributed by atoms with Crippen LogP contribution in [0.1, 0.15) is 29.8 Å². The third kappa shape index (κ3) is 5.06. The van der Waals surface area contributed by atoms with Gasteiger partial charge in [0.1, 0.15) is 0 Å². The summed E-state index contributed by atoms with van der Waals surface area (Å²) >= 11 is 5.90. The lowest BCUT2D eigenvalue weighted by atomic mass is 10.2. The number of rotatable bonds is 6. The van der Waals surface area contributed by atoms with Gasteiger partial charge >= 0.3 is 0 Å². The summed E-state index contributed by atoms with van der Waals surface area (Å²) in [6.45, 7) is 3.83. The zero-order valence-electron chi connectivity index (χ0n) is 13.4. The summed E-state index contributed by atoms with van der Waals surface area (Å²) in [4.78, 5) is 12.3. The van der Waals surface area contributed by atoms with Gasteiger partial charge in [0.15, 0.2) is 0 Å². The molecule has 0 atom stereocenters. The molecule has 2 aromatic rings. The monoisotopic (exact) mass is 366 g/mol. The summed E-state index contributed by atoms with van der Waals surface area (Å²) in [5.74, 6) is -0.282. The van der Waals surface area contributed by atoms with E-state index in [2.05, 4.69) is 10.0 Å². The Morgan fingerprint density at radius 3 is 2.38 bits per heavy atom. The van der Waals surface area contributed by atoms with Gasteiger partial charge in [0.2, 0.25) is 10.0 Å². The maximum Gasteiger partial charge on any atom is 0.251 e. The molecule has 0 aromatic heterocycles. The van der Waals surface area contributed by atoms with Crippen LogP contribution < -0.4 is 10.0 Å². The van der Waals surface area contributed by atoms with Crippen LogP contribution in [0.5, 0.6) is 0 Å². The lowest BCUT2D eigenvalue weighted by molar-refractivity contribution is 0.0951. The predicted octanol–water partition coefficient (Wildman–Crippen LogP) is 2.96. The molecule has 0 aliphatic heterocycles. The summed E-state index contributed by atoms with van der Waals surface area (Å²) in [5.41, 5.74) is 1.27. The van der Waals surface area contributed by atoms with Crippen LogP contribution in [0.2, 0.25) is 5.02 Å². The second-order valence-corrected chi connectivity index (χ2v) is 7.76. The lowest BCUT2D eigenvalue weighted by Crippen LogP contribution is -2.30. The molecule has 0 radical (unpaired) electrons. The van der Waals surface area contributed by atoms with Crippen molar-refractivity contribution in [3.8, 4) is 0 Å². The fourth-order valence-corrected chi connectivity index (χ4v) is 3.56. The summed E-state index contributed by atoms with van der Waals surface area (Å²) in [6.07, 6.45) is 0. The molecule has 0 aliphatic carbocycles. The highest BCUT2D eigenvalue weighted by molar-refractivity contribution is 7.89. The van der Waals surface area contributed by atoms with Crippen LogP contribution in [0.3, 0.4) is 0 Å². The zero-order chi connectivity index (χ0) is 17.7. The van der Waals surface area contributed by atoms with Crippen molar-refractivity contribution in [1.82, 2.24) is 10.0 Å². The Balaban J connectivity index is 2.03. The van der Waals surface area contributed by atoms with E-state index in [1.807, 2.05) is 12.1 Å². The Bertz CT molecular complexity index is 818. The van der Waals surface area contributed by atoms with Gasteiger partial charge in [-0.05, 0) is 55.8 Å². The molecule has 1 amide bonds. The third-order valence-electron chi connectivity index (χ3n) is 3.16. The molecule has 0 unspecified atom stereocenters. The van der Waals surface area contributed by atoms with E-state index in [-0.39, 0.29) is 16.8 Å². The van der Waals surface area contributed by atoms with Gasteiger partial charge in [0, 0.05) is 23.2 Å². The minimum atomic E-state index is -3.56. The summed E-state index contributed by atoms with van der Waals surface area (Å²) in [7, 11) is -3.56. The van der Waals surface area contributed by atoms with Crippen molar-refractivity contribution < 1.29 is 13.2 Å². The average Bonchev–Trinajstić information content (AvgIpc) is 2.51. The Hall–Kier alpha value is -1.89. The molecular weight excluding hydrogens is 348 g/mol. The lowest BCUT2D eigenvalue weighted by Gasteiger charge is -2.10. The highest BCUT2D eigenvalue weighted by Crippen LogP contribution is 2.13. The van der Waals surface area contributed by atoms with Gasteiger partial charge in [-0.15, -0.1) is 0 Å². The summed E-state index contributed by atoms with van der Waals surface area (Å²) in [6, 6.07) is 12.8. The first-order valence-corrected chi connectivity index (χ1v) is 9.29. The van der Waals surface area contributed by atoms with Gasteiger partial charge in [-0.3, -0.25) is 4.79 Å². The van der Waals surface area contributed by atoms with Crippen molar-refractivity contribution in [2.75, 3.05) is 0 Å². The van der Waals surface area contributed by atoms with E-state index < -0.39 is 10.0 Å². The normalized spacial score (nSPS) is 11.5. The summed E-state index contributed by atoms with van der Waals surface area (Å²) in [5, 5.41) is 3.38. The fraction of sp³-hybridized carbons (Fsp3) is 0.235. The zero-order valence-corrected chi connectivity index (χ0v) is 15.0. The Kier molecular flexibility index (Phi) is 5.99. The Labute approximate surface area is 147 Å². The molecule has 0 saturated heterocycles. The van der Waals surface area contributed by atoms with Gasteiger partial charge < -0.3 is 5.32 Å². The van der Waals surface area contributed by atoms with Crippen LogP contribution in [0.25, 0.3) is 0 Å². The van der Waals surface area contributed by atoms with Crippen molar-refractivity contribution in [1.29, 1.82) is 0 Å². The molecule has 2 rings (SSSR count). The van der Waals surface area contributed by atoms with Gasteiger partial charge in [0.25, 0.3) is 5.91 Å². The second-order valence-electron chi connectivity index (χ2n) is 5.61. The number of sulfonamides is 1. The Morgan fingerprint density at radius 2 is 1.79 bits per heavy atom. The molecule has 0 heterocycles. The molecule has 24 heavy (non-hydrogen) atoms. The van der Waals surface area contributed by atoms with Crippen molar-refractivity contribution in [3.05, 3.63) is 64.7 Å². The molecule has 5 nitrogen and oxygen atoms in total. The number of nitrogens with one attached hydrogen (secondary N) is 2. The molecule has 0 saturated carbocycles. The largest absolute Gasteiger partial charge is 0.348 e. The molecule has 0 spiro atoms. The van der Waals surface area contributed by atoms with E-state index in [1.165, 1.54) is 24.3 Å². The predicted molar refractivity (Wildman–Crippen MR) is 94.5 cm³/mol. The Morgan fingerprint density at radius 1 is 1.12 bits per heavy atom. The standard InChI is InChI=1S/C17H19ClN2O3S/c1-12(2)20-24(22,23)16-8-6-14(7-9-16)17(21)19-11-13-4-3-5-15(18)10-13/h3-10,12,20H,11H2,1-2H3,(H,19,21). The quantitative estimate of drug-likeness (QED) is 0.825. The highest BCUT2D eigenvalue weighted by Gasteiger charge is 2.15. The van der Waals surface area contributed by atoms with Gasteiger partial charge in [-0.25, -0.2) is 13.1 Å². The highest BCUT2D eigenvalue weighted by atomic mass is 35.5. The molecule has 0 fully saturated rings. The van der Waals surface area contributed by atoms with Crippen LogP contribution in [0.4, 0.5) is 0 Å². The smallest absolute Gasteiger partial charge is 0.251 e. The molecule has 0 aliphatic rings. The van der Waals surface area contributed by atoms with Crippen LogP contribution in [-0.4, -0.2) is 20.4 Å². The van der Waals surface area contributed by atoms with Crippen molar-refractivity contribution in [2.24, 2.45) is 0 Å². The van der Waals surface area contributed by atoms with Crippen LogP contribution in [0, 0.1) is 0 Å². The van der Waals surface area contributed by atoms with Crippen LogP contribution >= 0.6 is 11.6 Å². The first-order chi connectivity index (χ1) is 11.3. The van der Waals surface area contributed by atoms with E-state index in [1.54, 1.807) is 26.0 Å². The van der Waals surface area contributed by atoms with E-state index in [0.717, 1.165) is 5.56 Å². The van der Waals surface area contributed by atoms with Crippen LogP contribution in [0.15, 0.2) is 53.4 Å². The number of carbonyl (C=O) groups is 1. The number of carbonyl (C=O) groups excluding carboxylic acids is 1. The minimum absolute atomic E-state index is 0.127. The van der Waals surface area contributed by atoms with Gasteiger partial charge in [0.05, 0.1) is 4.90 Å². The second kappa shape index (κ2) is 7.79. The molecule has 2 N–H and O–H groups in total. The number of hydrogen-bond donors (Lipinski definition) is 2. The van der Waals surface area contributed by atoms with Gasteiger partial charge in [-0.1, -0.05) is 23.7 Å². The number of hydrogen-bond acceptors (Lipinski definition) is 3. The molecule has 0 bridgehead atoms.